The Morgan fingerprint density at radius 3 is 2.86 bits per heavy atom. The summed E-state index contributed by atoms with van der Waals surface area (Å²) in [6.45, 7) is 0.356. The van der Waals surface area contributed by atoms with E-state index in [2.05, 4.69) is 0 Å². The molecule has 1 aromatic heterocycles. The fraction of sp³-hybridized carbons (Fsp3) is 0.214. The van der Waals surface area contributed by atoms with Gasteiger partial charge in [-0.2, -0.15) is 0 Å². The molecule has 0 fully saturated rings. The summed E-state index contributed by atoms with van der Waals surface area (Å²) in [5.41, 5.74) is -0.0982. The van der Waals surface area contributed by atoms with Crippen LogP contribution in [0.15, 0.2) is 45.9 Å². The summed E-state index contributed by atoms with van der Waals surface area (Å²) < 4.78 is 5.18. The third kappa shape index (κ3) is 4.25. The third-order valence-corrected chi connectivity index (χ3v) is 4.15. The Hall–Kier alpha value is -1.99. The topological polar surface area (TPSA) is 76.6 Å². The first kappa shape index (κ1) is 16.4. The molecule has 0 unspecified atom stereocenters. The summed E-state index contributed by atoms with van der Waals surface area (Å²) in [5.74, 6) is 0.628. The number of nitro benzene ring substituents is 1. The van der Waals surface area contributed by atoms with E-state index in [1.165, 1.54) is 11.0 Å². The van der Waals surface area contributed by atoms with E-state index in [1.807, 2.05) is 0 Å². The first-order valence-electron chi connectivity index (χ1n) is 6.30. The van der Waals surface area contributed by atoms with Crippen LogP contribution < -0.4 is 0 Å². The van der Waals surface area contributed by atoms with Crippen molar-refractivity contribution in [2.45, 2.75) is 11.4 Å². The standard InChI is InChI=1S/C14H13ClN2O4S/c1-16(8-11-3-2-6-21-11)14(18)9-22-13-5-4-10(15)7-12(13)17(19)20/h2-7H,8-9H2,1H3. The van der Waals surface area contributed by atoms with Gasteiger partial charge in [0, 0.05) is 18.1 Å². The number of halogens is 1. The number of rotatable bonds is 6. The Kier molecular flexibility index (Phi) is 5.46. The molecule has 1 aromatic carbocycles. The van der Waals surface area contributed by atoms with Crippen molar-refractivity contribution < 1.29 is 14.1 Å². The van der Waals surface area contributed by atoms with Crippen molar-refractivity contribution in [2.75, 3.05) is 12.8 Å². The minimum absolute atomic E-state index is 0.0969. The summed E-state index contributed by atoms with van der Waals surface area (Å²) in [6.07, 6.45) is 1.54. The van der Waals surface area contributed by atoms with Gasteiger partial charge in [-0.1, -0.05) is 11.6 Å². The molecule has 0 bridgehead atoms. The summed E-state index contributed by atoms with van der Waals surface area (Å²) >= 11 is 6.87. The van der Waals surface area contributed by atoms with E-state index in [-0.39, 0.29) is 22.4 Å². The third-order valence-electron chi connectivity index (χ3n) is 2.87. The van der Waals surface area contributed by atoms with E-state index >= 15 is 0 Å². The molecule has 2 rings (SSSR count). The molecule has 0 aliphatic heterocycles. The highest BCUT2D eigenvalue weighted by Crippen LogP contribution is 2.31. The molecule has 1 amide bonds. The highest BCUT2D eigenvalue weighted by atomic mass is 35.5. The largest absolute Gasteiger partial charge is 0.467 e. The van der Waals surface area contributed by atoms with Crippen LogP contribution in [0.5, 0.6) is 0 Å². The number of nitrogens with zero attached hydrogens (tertiary/aromatic N) is 2. The molecule has 0 radical (unpaired) electrons. The van der Waals surface area contributed by atoms with Gasteiger partial charge in [0.15, 0.2) is 0 Å². The second kappa shape index (κ2) is 7.33. The van der Waals surface area contributed by atoms with Gasteiger partial charge in [0.1, 0.15) is 5.76 Å². The van der Waals surface area contributed by atoms with Crippen LogP contribution in [0.1, 0.15) is 5.76 Å². The predicted molar refractivity (Wildman–Crippen MR) is 84.0 cm³/mol. The molecule has 0 N–H and O–H groups in total. The van der Waals surface area contributed by atoms with E-state index in [0.717, 1.165) is 11.8 Å². The van der Waals surface area contributed by atoms with Crippen LogP contribution in [-0.4, -0.2) is 28.5 Å². The molecule has 8 heteroatoms. The van der Waals surface area contributed by atoms with Gasteiger partial charge in [0.2, 0.25) is 5.91 Å². The highest BCUT2D eigenvalue weighted by Gasteiger charge is 2.17. The zero-order valence-electron chi connectivity index (χ0n) is 11.7. The summed E-state index contributed by atoms with van der Waals surface area (Å²) in [6, 6.07) is 7.92. The molecule has 0 saturated carbocycles. The number of furan rings is 1. The smallest absolute Gasteiger partial charge is 0.284 e. The van der Waals surface area contributed by atoms with Crippen molar-refractivity contribution in [2.24, 2.45) is 0 Å². The van der Waals surface area contributed by atoms with Gasteiger partial charge in [0.05, 0.1) is 28.4 Å². The van der Waals surface area contributed by atoms with Gasteiger partial charge in [0.25, 0.3) is 5.69 Å². The van der Waals surface area contributed by atoms with E-state index in [0.29, 0.717) is 17.2 Å². The quantitative estimate of drug-likeness (QED) is 0.456. The minimum Gasteiger partial charge on any atom is -0.467 e. The van der Waals surface area contributed by atoms with E-state index in [1.54, 1.807) is 37.6 Å². The van der Waals surface area contributed by atoms with Crippen molar-refractivity contribution >= 4 is 35.0 Å². The monoisotopic (exact) mass is 340 g/mol. The van der Waals surface area contributed by atoms with Crippen molar-refractivity contribution in [1.82, 2.24) is 4.90 Å². The van der Waals surface area contributed by atoms with Crippen LogP contribution in [0.25, 0.3) is 0 Å². The van der Waals surface area contributed by atoms with Gasteiger partial charge < -0.3 is 9.32 Å². The second-order valence-electron chi connectivity index (χ2n) is 4.49. The van der Waals surface area contributed by atoms with Crippen molar-refractivity contribution in [3.63, 3.8) is 0 Å². The van der Waals surface area contributed by atoms with Gasteiger partial charge in [-0.05, 0) is 24.3 Å². The average molecular weight is 341 g/mol. The second-order valence-corrected chi connectivity index (χ2v) is 5.94. The lowest BCUT2D eigenvalue weighted by molar-refractivity contribution is -0.387. The Bertz CT molecular complexity index is 675. The maximum Gasteiger partial charge on any atom is 0.284 e. The molecule has 0 aliphatic carbocycles. The Balaban J connectivity index is 1.97. The summed E-state index contributed by atoms with van der Waals surface area (Å²) in [5, 5.41) is 11.3. The minimum atomic E-state index is -0.509. The molecule has 0 saturated heterocycles. The van der Waals surface area contributed by atoms with E-state index < -0.39 is 4.92 Å². The SMILES string of the molecule is CN(Cc1ccco1)C(=O)CSc1ccc(Cl)cc1[N+](=O)[O-]. The molecular formula is C14H13ClN2O4S. The molecule has 116 valence electrons. The molecule has 6 nitrogen and oxygen atoms in total. The zero-order valence-corrected chi connectivity index (χ0v) is 13.3. The number of benzene rings is 1. The molecule has 22 heavy (non-hydrogen) atoms. The Morgan fingerprint density at radius 1 is 1.45 bits per heavy atom. The average Bonchev–Trinajstić information content (AvgIpc) is 2.98. The van der Waals surface area contributed by atoms with Crippen LogP contribution >= 0.6 is 23.4 Å². The van der Waals surface area contributed by atoms with Gasteiger partial charge in [-0.15, -0.1) is 11.8 Å². The lowest BCUT2D eigenvalue weighted by atomic mass is 10.3. The summed E-state index contributed by atoms with van der Waals surface area (Å²) in [7, 11) is 1.65. The first-order chi connectivity index (χ1) is 10.5. The fourth-order valence-electron chi connectivity index (χ4n) is 1.73. The predicted octanol–water partition coefficient (Wildman–Crippen LogP) is 3.59. The molecule has 0 atom stereocenters. The molecule has 0 aliphatic rings. The Labute approximate surface area is 136 Å². The number of carbonyl (C=O) groups excluding carboxylic acids is 1. The first-order valence-corrected chi connectivity index (χ1v) is 7.67. The van der Waals surface area contributed by atoms with E-state index in [9.17, 15) is 14.9 Å². The van der Waals surface area contributed by atoms with Crippen LogP contribution in [0.4, 0.5) is 5.69 Å². The maximum atomic E-state index is 12.1. The number of hydrogen-bond acceptors (Lipinski definition) is 5. The summed E-state index contributed by atoms with van der Waals surface area (Å²) in [4.78, 5) is 24.5. The van der Waals surface area contributed by atoms with Crippen molar-refractivity contribution in [1.29, 1.82) is 0 Å². The number of nitro groups is 1. The molecule has 2 aromatic rings. The number of carbonyl (C=O) groups is 1. The normalized spacial score (nSPS) is 10.5. The van der Waals surface area contributed by atoms with Gasteiger partial charge in [-0.3, -0.25) is 14.9 Å². The fourth-order valence-corrected chi connectivity index (χ4v) is 2.84. The number of hydrogen-bond donors (Lipinski definition) is 0. The molecular weight excluding hydrogens is 328 g/mol. The van der Waals surface area contributed by atoms with Crippen LogP contribution in [0, 0.1) is 10.1 Å². The van der Waals surface area contributed by atoms with E-state index in [4.69, 9.17) is 16.0 Å². The van der Waals surface area contributed by atoms with Gasteiger partial charge >= 0.3 is 0 Å². The highest BCUT2D eigenvalue weighted by molar-refractivity contribution is 8.00. The zero-order chi connectivity index (χ0) is 16.1. The van der Waals surface area contributed by atoms with Crippen LogP contribution in [0.3, 0.4) is 0 Å². The Morgan fingerprint density at radius 2 is 2.23 bits per heavy atom. The lowest BCUT2D eigenvalue weighted by Gasteiger charge is -2.15. The van der Waals surface area contributed by atoms with Crippen molar-refractivity contribution in [3.05, 3.63) is 57.5 Å². The number of amides is 1. The van der Waals surface area contributed by atoms with Crippen LogP contribution in [-0.2, 0) is 11.3 Å². The van der Waals surface area contributed by atoms with Gasteiger partial charge in [-0.25, -0.2) is 0 Å². The maximum absolute atomic E-state index is 12.1. The number of thioether (sulfide) groups is 1. The molecule has 0 spiro atoms. The van der Waals surface area contributed by atoms with Crippen LogP contribution in [0.2, 0.25) is 5.02 Å². The molecule has 1 heterocycles. The van der Waals surface area contributed by atoms with Crippen molar-refractivity contribution in [3.8, 4) is 0 Å². The lowest BCUT2D eigenvalue weighted by Crippen LogP contribution is -2.27.